The number of hydrogen-bond acceptors (Lipinski definition) is 3. The first kappa shape index (κ1) is 11.9. The van der Waals surface area contributed by atoms with Crippen LogP contribution >= 0.6 is 11.3 Å². The first-order valence-corrected chi connectivity index (χ1v) is 5.63. The summed E-state index contributed by atoms with van der Waals surface area (Å²) in [4.78, 5) is 13.7. The van der Waals surface area contributed by atoms with E-state index in [2.05, 4.69) is 6.58 Å². The van der Waals surface area contributed by atoms with E-state index >= 15 is 0 Å². The maximum atomic E-state index is 10.7. The van der Waals surface area contributed by atoms with Crippen molar-refractivity contribution < 1.29 is 9.90 Å². The van der Waals surface area contributed by atoms with Crippen molar-refractivity contribution in [3.8, 4) is 0 Å². The third kappa shape index (κ3) is 3.49. The van der Waals surface area contributed by atoms with Gasteiger partial charge in [0.2, 0.25) is 0 Å². The van der Waals surface area contributed by atoms with Crippen LogP contribution in [0, 0.1) is 0 Å². The second-order valence-electron chi connectivity index (χ2n) is 3.30. The molecule has 1 rings (SSSR count). The lowest BCUT2D eigenvalue weighted by Gasteiger charge is -2.25. The van der Waals surface area contributed by atoms with Crippen LogP contribution in [0.15, 0.2) is 30.2 Å². The summed E-state index contributed by atoms with van der Waals surface area (Å²) < 4.78 is 0. The van der Waals surface area contributed by atoms with Crippen LogP contribution < -0.4 is 0 Å². The first-order valence-electron chi connectivity index (χ1n) is 4.75. The molecule has 1 unspecified atom stereocenters. The molecule has 1 aromatic heterocycles. The zero-order valence-corrected chi connectivity index (χ0v) is 9.54. The molecule has 0 amide bonds. The maximum absolute atomic E-state index is 10.7. The summed E-state index contributed by atoms with van der Waals surface area (Å²) in [6.07, 6.45) is 1.73. The van der Waals surface area contributed by atoms with E-state index in [0.717, 1.165) is 0 Å². The van der Waals surface area contributed by atoms with Crippen LogP contribution in [-0.4, -0.2) is 29.1 Å². The van der Waals surface area contributed by atoms with Gasteiger partial charge in [0, 0.05) is 17.5 Å². The average Bonchev–Trinajstić information content (AvgIpc) is 2.68. The molecule has 82 valence electrons. The van der Waals surface area contributed by atoms with Crippen molar-refractivity contribution >= 4 is 17.3 Å². The van der Waals surface area contributed by atoms with Crippen molar-refractivity contribution in [2.45, 2.75) is 13.0 Å². The summed E-state index contributed by atoms with van der Waals surface area (Å²) in [6.45, 7) is 6.29. The SMILES string of the molecule is C=CCN(CC(=O)O)C(C)c1cccs1. The van der Waals surface area contributed by atoms with Crippen LogP contribution in [0.5, 0.6) is 0 Å². The van der Waals surface area contributed by atoms with E-state index in [1.807, 2.05) is 29.3 Å². The van der Waals surface area contributed by atoms with E-state index in [1.54, 1.807) is 17.4 Å². The Labute approximate surface area is 93.7 Å². The number of thiophene rings is 1. The van der Waals surface area contributed by atoms with Gasteiger partial charge in [-0.1, -0.05) is 12.1 Å². The van der Waals surface area contributed by atoms with Crippen molar-refractivity contribution in [2.75, 3.05) is 13.1 Å². The van der Waals surface area contributed by atoms with E-state index in [9.17, 15) is 4.79 Å². The Balaban J connectivity index is 2.70. The van der Waals surface area contributed by atoms with Crippen molar-refractivity contribution in [3.05, 3.63) is 35.0 Å². The maximum Gasteiger partial charge on any atom is 0.317 e. The topological polar surface area (TPSA) is 40.5 Å². The monoisotopic (exact) mass is 225 g/mol. The smallest absolute Gasteiger partial charge is 0.317 e. The van der Waals surface area contributed by atoms with Crippen LogP contribution in [0.2, 0.25) is 0 Å². The second kappa shape index (κ2) is 5.68. The number of hydrogen-bond donors (Lipinski definition) is 1. The Morgan fingerprint density at radius 1 is 1.80 bits per heavy atom. The molecule has 15 heavy (non-hydrogen) atoms. The molecule has 0 saturated carbocycles. The summed E-state index contributed by atoms with van der Waals surface area (Å²) in [7, 11) is 0. The molecule has 0 spiro atoms. The fourth-order valence-electron chi connectivity index (χ4n) is 1.41. The molecule has 4 heteroatoms. The third-order valence-corrected chi connectivity index (χ3v) is 3.25. The number of nitrogens with zero attached hydrogens (tertiary/aromatic N) is 1. The van der Waals surface area contributed by atoms with Gasteiger partial charge in [0.15, 0.2) is 0 Å². The molecule has 0 aromatic carbocycles. The van der Waals surface area contributed by atoms with Crippen molar-refractivity contribution in [1.29, 1.82) is 0 Å². The lowest BCUT2D eigenvalue weighted by atomic mass is 10.2. The molecule has 0 bridgehead atoms. The van der Waals surface area contributed by atoms with Gasteiger partial charge in [0.05, 0.1) is 6.54 Å². The predicted molar refractivity (Wildman–Crippen MR) is 62.1 cm³/mol. The molecule has 1 aromatic rings. The molecule has 0 radical (unpaired) electrons. The molecule has 0 aliphatic heterocycles. The molecule has 3 nitrogen and oxygen atoms in total. The minimum absolute atomic E-state index is 0.0467. The summed E-state index contributed by atoms with van der Waals surface area (Å²) >= 11 is 1.64. The summed E-state index contributed by atoms with van der Waals surface area (Å²) in [5.74, 6) is -0.805. The molecule has 1 N–H and O–H groups in total. The third-order valence-electron chi connectivity index (χ3n) is 2.20. The Morgan fingerprint density at radius 2 is 2.53 bits per heavy atom. The van der Waals surface area contributed by atoms with E-state index in [1.165, 1.54) is 4.88 Å². The standard InChI is InChI=1S/C11H15NO2S/c1-3-6-12(8-11(13)14)9(2)10-5-4-7-15-10/h3-5,7,9H,1,6,8H2,2H3,(H,13,14). The number of aliphatic carboxylic acids is 1. The molecule has 1 heterocycles. The Kier molecular flexibility index (Phi) is 4.52. The Morgan fingerprint density at radius 3 is 3.00 bits per heavy atom. The van der Waals surface area contributed by atoms with Gasteiger partial charge in [-0.15, -0.1) is 17.9 Å². The quantitative estimate of drug-likeness (QED) is 0.756. The van der Waals surface area contributed by atoms with Gasteiger partial charge in [-0.25, -0.2) is 0 Å². The molecule has 1 atom stereocenters. The highest BCUT2D eigenvalue weighted by atomic mass is 32.1. The van der Waals surface area contributed by atoms with Gasteiger partial charge in [-0.05, 0) is 18.4 Å². The lowest BCUT2D eigenvalue weighted by molar-refractivity contribution is -0.138. The zero-order valence-electron chi connectivity index (χ0n) is 8.72. The van der Waals surface area contributed by atoms with Crippen LogP contribution in [-0.2, 0) is 4.79 Å². The number of carboxylic acids is 1. The van der Waals surface area contributed by atoms with Gasteiger partial charge in [0.25, 0.3) is 0 Å². The largest absolute Gasteiger partial charge is 0.480 e. The Bertz CT molecular complexity index is 321. The molecule has 0 fully saturated rings. The van der Waals surface area contributed by atoms with Crippen LogP contribution in [0.3, 0.4) is 0 Å². The highest BCUT2D eigenvalue weighted by molar-refractivity contribution is 7.10. The predicted octanol–water partition coefficient (Wildman–Crippen LogP) is 2.38. The fraction of sp³-hybridized carbons (Fsp3) is 0.364. The van der Waals surface area contributed by atoms with Crippen molar-refractivity contribution in [3.63, 3.8) is 0 Å². The molecule has 0 aliphatic rings. The normalized spacial score (nSPS) is 12.7. The van der Waals surface area contributed by atoms with E-state index in [-0.39, 0.29) is 12.6 Å². The highest BCUT2D eigenvalue weighted by Gasteiger charge is 2.17. The van der Waals surface area contributed by atoms with Gasteiger partial charge in [-0.3, -0.25) is 9.69 Å². The van der Waals surface area contributed by atoms with E-state index < -0.39 is 5.97 Å². The molecule has 0 aliphatic carbocycles. The number of carbonyl (C=O) groups is 1. The summed E-state index contributed by atoms with van der Waals surface area (Å²) in [5, 5.41) is 10.8. The highest BCUT2D eigenvalue weighted by Crippen LogP contribution is 2.24. The van der Waals surface area contributed by atoms with Crippen molar-refractivity contribution in [1.82, 2.24) is 4.90 Å². The van der Waals surface area contributed by atoms with Gasteiger partial charge < -0.3 is 5.11 Å². The lowest BCUT2D eigenvalue weighted by Crippen LogP contribution is -2.32. The minimum Gasteiger partial charge on any atom is -0.480 e. The Hall–Kier alpha value is -1.13. The van der Waals surface area contributed by atoms with E-state index in [0.29, 0.717) is 6.54 Å². The molecular weight excluding hydrogens is 210 g/mol. The fourth-order valence-corrected chi connectivity index (χ4v) is 2.23. The van der Waals surface area contributed by atoms with Crippen LogP contribution in [0.1, 0.15) is 17.8 Å². The summed E-state index contributed by atoms with van der Waals surface area (Å²) in [5.41, 5.74) is 0. The first-order chi connectivity index (χ1) is 7.15. The van der Waals surface area contributed by atoms with Crippen molar-refractivity contribution in [2.24, 2.45) is 0 Å². The van der Waals surface area contributed by atoms with Gasteiger partial charge in [0.1, 0.15) is 0 Å². The molecule has 0 saturated heterocycles. The zero-order chi connectivity index (χ0) is 11.3. The van der Waals surface area contributed by atoms with Crippen LogP contribution in [0.25, 0.3) is 0 Å². The van der Waals surface area contributed by atoms with Crippen LogP contribution in [0.4, 0.5) is 0 Å². The molecular formula is C11H15NO2S. The number of carboxylic acid groups (broad SMARTS) is 1. The van der Waals surface area contributed by atoms with Gasteiger partial charge >= 0.3 is 5.97 Å². The van der Waals surface area contributed by atoms with E-state index in [4.69, 9.17) is 5.11 Å². The second-order valence-corrected chi connectivity index (χ2v) is 4.28. The summed E-state index contributed by atoms with van der Waals surface area (Å²) in [6, 6.07) is 4.12. The average molecular weight is 225 g/mol. The van der Waals surface area contributed by atoms with Gasteiger partial charge in [-0.2, -0.15) is 0 Å². The minimum atomic E-state index is -0.805. The number of rotatable bonds is 6.